The van der Waals surface area contributed by atoms with Crippen molar-refractivity contribution in [3.63, 3.8) is 0 Å². The summed E-state index contributed by atoms with van der Waals surface area (Å²) < 4.78 is 0.959. The zero-order valence-electron chi connectivity index (χ0n) is 9.64. The van der Waals surface area contributed by atoms with Crippen LogP contribution in [0.15, 0.2) is 24.7 Å². The summed E-state index contributed by atoms with van der Waals surface area (Å²) >= 11 is 1.38. The first-order valence-corrected chi connectivity index (χ1v) is 6.25. The largest absolute Gasteiger partial charge is 0.416 e. The molecule has 0 saturated carbocycles. The van der Waals surface area contributed by atoms with E-state index in [4.69, 9.17) is 10.6 Å². The van der Waals surface area contributed by atoms with Crippen molar-refractivity contribution >= 4 is 27.3 Å². The van der Waals surface area contributed by atoms with Crippen LogP contribution in [-0.2, 0) is 4.84 Å². The molecule has 0 spiro atoms. The number of rotatable bonds is 2. The molecule has 0 bridgehead atoms. The van der Waals surface area contributed by atoms with Gasteiger partial charge in [0, 0.05) is 23.3 Å². The number of carbonyl (C=O) groups excluding carboxylic acids is 1. The summed E-state index contributed by atoms with van der Waals surface area (Å²) in [6, 6.07) is -0.0461. The molecular weight excluding hydrogens is 250 g/mol. The Kier molecular flexibility index (Phi) is 2.53. The molecule has 6 heteroatoms. The maximum Gasteiger partial charge on any atom is 0.259 e. The summed E-state index contributed by atoms with van der Waals surface area (Å²) in [4.78, 5) is 21.2. The molecule has 1 atom stereocenters. The monoisotopic (exact) mass is 261 g/mol. The van der Waals surface area contributed by atoms with Crippen LogP contribution in [0.5, 0.6) is 0 Å². The van der Waals surface area contributed by atoms with Gasteiger partial charge in [0.15, 0.2) is 0 Å². The van der Waals surface area contributed by atoms with E-state index < -0.39 is 5.91 Å². The lowest BCUT2D eigenvalue weighted by molar-refractivity contribution is 0.100. The van der Waals surface area contributed by atoms with Gasteiger partial charge in [-0.15, -0.1) is 16.8 Å². The number of pyridine rings is 1. The van der Waals surface area contributed by atoms with Gasteiger partial charge in [0.1, 0.15) is 6.26 Å². The highest BCUT2D eigenvalue weighted by atomic mass is 32.1. The van der Waals surface area contributed by atoms with E-state index in [9.17, 15) is 4.79 Å². The van der Waals surface area contributed by atoms with E-state index in [0.717, 1.165) is 21.2 Å². The highest BCUT2D eigenvalue weighted by Gasteiger charge is 2.21. The van der Waals surface area contributed by atoms with Gasteiger partial charge in [-0.25, -0.2) is 0 Å². The molecule has 1 unspecified atom stereocenters. The number of aromatic nitrogens is 1. The van der Waals surface area contributed by atoms with E-state index in [1.165, 1.54) is 11.3 Å². The minimum absolute atomic E-state index is 0.0461. The van der Waals surface area contributed by atoms with Crippen molar-refractivity contribution in [2.24, 2.45) is 5.73 Å². The first kappa shape index (κ1) is 11.2. The number of nitrogens with two attached hydrogens (primary N) is 1. The molecule has 92 valence electrons. The summed E-state index contributed by atoms with van der Waals surface area (Å²) in [6.45, 7) is 1.90. The SMILES string of the molecule is Cc1c(C(N)=O)sc2cncc(C3C=CON3)c12. The zero-order valence-corrected chi connectivity index (χ0v) is 10.5. The minimum Gasteiger partial charge on any atom is -0.416 e. The predicted molar refractivity (Wildman–Crippen MR) is 69.0 cm³/mol. The Morgan fingerprint density at radius 3 is 3.06 bits per heavy atom. The van der Waals surface area contributed by atoms with Gasteiger partial charge in [-0.05, 0) is 18.6 Å². The Morgan fingerprint density at radius 2 is 2.39 bits per heavy atom. The number of hydrogen-bond donors (Lipinski definition) is 2. The van der Waals surface area contributed by atoms with Gasteiger partial charge < -0.3 is 10.6 Å². The third kappa shape index (κ3) is 1.58. The van der Waals surface area contributed by atoms with Crippen LogP contribution in [-0.4, -0.2) is 10.9 Å². The van der Waals surface area contributed by atoms with Gasteiger partial charge in [0.25, 0.3) is 5.91 Å². The van der Waals surface area contributed by atoms with Crippen LogP contribution in [0.4, 0.5) is 0 Å². The van der Waals surface area contributed by atoms with E-state index in [1.807, 2.05) is 13.0 Å². The maximum atomic E-state index is 11.4. The Hall–Kier alpha value is -1.92. The molecule has 0 radical (unpaired) electrons. The fraction of sp³-hybridized carbons (Fsp3) is 0.167. The van der Waals surface area contributed by atoms with E-state index in [1.54, 1.807) is 18.7 Å². The molecule has 0 fully saturated rings. The van der Waals surface area contributed by atoms with E-state index in [-0.39, 0.29) is 6.04 Å². The first-order chi connectivity index (χ1) is 8.68. The lowest BCUT2D eigenvalue weighted by atomic mass is 10.0. The van der Waals surface area contributed by atoms with Crippen molar-refractivity contribution in [2.75, 3.05) is 0 Å². The topological polar surface area (TPSA) is 77.2 Å². The van der Waals surface area contributed by atoms with Crippen molar-refractivity contribution in [1.82, 2.24) is 10.5 Å². The number of hydrogen-bond acceptors (Lipinski definition) is 5. The molecule has 1 amide bonds. The second-order valence-corrected chi connectivity index (χ2v) is 5.12. The van der Waals surface area contributed by atoms with Gasteiger partial charge in [-0.3, -0.25) is 9.78 Å². The zero-order chi connectivity index (χ0) is 12.7. The van der Waals surface area contributed by atoms with Crippen LogP contribution in [0.3, 0.4) is 0 Å². The molecule has 2 aromatic heterocycles. The molecule has 18 heavy (non-hydrogen) atoms. The second kappa shape index (κ2) is 4.08. The second-order valence-electron chi connectivity index (χ2n) is 4.06. The summed E-state index contributed by atoms with van der Waals surface area (Å²) in [5.74, 6) is -0.397. The third-order valence-electron chi connectivity index (χ3n) is 2.96. The van der Waals surface area contributed by atoms with E-state index in [2.05, 4.69) is 10.5 Å². The molecule has 2 aromatic rings. The lowest BCUT2D eigenvalue weighted by Gasteiger charge is -2.09. The number of nitrogens with zero attached hydrogens (tertiary/aromatic N) is 1. The number of primary amides is 1. The quantitative estimate of drug-likeness (QED) is 0.864. The van der Waals surface area contributed by atoms with Crippen LogP contribution >= 0.6 is 11.3 Å². The molecule has 0 aromatic carbocycles. The Morgan fingerprint density at radius 1 is 1.56 bits per heavy atom. The van der Waals surface area contributed by atoms with Crippen LogP contribution in [0.1, 0.15) is 26.8 Å². The average Bonchev–Trinajstić information content (AvgIpc) is 2.97. The maximum absolute atomic E-state index is 11.4. The Balaban J connectivity index is 2.26. The highest BCUT2D eigenvalue weighted by Crippen LogP contribution is 2.35. The summed E-state index contributed by atoms with van der Waals surface area (Å²) in [5.41, 5.74) is 10.1. The molecule has 1 aliphatic heterocycles. The number of hydroxylamine groups is 1. The number of amides is 1. The van der Waals surface area contributed by atoms with Crippen molar-refractivity contribution in [2.45, 2.75) is 13.0 Å². The standard InChI is InChI=1S/C12H11N3O2S/c1-6-10-7(8-2-3-17-15-8)4-14-5-9(10)18-11(6)12(13)16/h2-5,8,15H,1H3,(H2,13,16). The number of aryl methyl sites for hydroxylation is 1. The Bertz CT molecular complexity index is 663. The molecule has 5 nitrogen and oxygen atoms in total. The van der Waals surface area contributed by atoms with Gasteiger partial charge in [-0.1, -0.05) is 0 Å². The molecule has 0 saturated heterocycles. The van der Waals surface area contributed by atoms with E-state index in [0.29, 0.717) is 4.88 Å². The average molecular weight is 261 g/mol. The molecule has 3 rings (SSSR count). The van der Waals surface area contributed by atoms with Crippen LogP contribution in [0.25, 0.3) is 10.1 Å². The minimum atomic E-state index is -0.397. The van der Waals surface area contributed by atoms with Gasteiger partial charge in [0.2, 0.25) is 0 Å². The number of thiophene rings is 1. The summed E-state index contributed by atoms with van der Waals surface area (Å²) in [5, 5.41) is 1.02. The van der Waals surface area contributed by atoms with Gasteiger partial charge in [0.05, 0.1) is 15.6 Å². The fourth-order valence-electron chi connectivity index (χ4n) is 2.14. The van der Waals surface area contributed by atoms with Crippen molar-refractivity contribution in [1.29, 1.82) is 0 Å². The third-order valence-corrected chi connectivity index (χ3v) is 4.20. The van der Waals surface area contributed by atoms with Crippen molar-refractivity contribution in [3.8, 4) is 0 Å². The molecule has 1 aliphatic rings. The van der Waals surface area contributed by atoms with Crippen LogP contribution < -0.4 is 11.2 Å². The normalized spacial score (nSPS) is 18.2. The molecule has 0 aliphatic carbocycles. The molecular formula is C12H11N3O2S. The highest BCUT2D eigenvalue weighted by molar-refractivity contribution is 7.21. The number of carbonyl (C=O) groups is 1. The Labute approximate surface area is 107 Å². The van der Waals surface area contributed by atoms with Gasteiger partial charge in [-0.2, -0.15) is 0 Å². The lowest BCUT2D eigenvalue weighted by Crippen LogP contribution is -2.13. The molecule has 3 heterocycles. The summed E-state index contributed by atoms with van der Waals surface area (Å²) in [7, 11) is 0. The first-order valence-electron chi connectivity index (χ1n) is 5.43. The van der Waals surface area contributed by atoms with Crippen molar-refractivity contribution in [3.05, 3.63) is 40.7 Å². The van der Waals surface area contributed by atoms with Crippen LogP contribution in [0.2, 0.25) is 0 Å². The van der Waals surface area contributed by atoms with Crippen LogP contribution in [0, 0.1) is 6.92 Å². The van der Waals surface area contributed by atoms with Crippen molar-refractivity contribution < 1.29 is 9.63 Å². The smallest absolute Gasteiger partial charge is 0.259 e. The predicted octanol–water partition coefficient (Wildman–Crippen LogP) is 1.79. The summed E-state index contributed by atoms with van der Waals surface area (Å²) in [6.07, 6.45) is 7.03. The van der Waals surface area contributed by atoms with E-state index >= 15 is 0 Å². The number of nitrogens with one attached hydrogen (secondary N) is 1. The fourth-order valence-corrected chi connectivity index (χ4v) is 3.21. The van der Waals surface area contributed by atoms with Gasteiger partial charge >= 0.3 is 0 Å². The molecule has 3 N–H and O–H groups in total. The number of fused-ring (bicyclic) bond motifs is 1.